The summed E-state index contributed by atoms with van der Waals surface area (Å²) in [4.78, 5) is 14.5. The zero-order valence-electron chi connectivity index (χ0n) is 15.9. The molecule has 2 atom stereocenters. The average molecular weight is 424 g/mol. The Hall–Kier alpha value is -1.95. The van der Waals surface area contributed by atoms with Crippen LogP contribution >= 0.6 is 23.2 Å². The van der Waals surface area contributed by atoms with Crippen LogP contribution in [0.15, 0.2) is 42.5 Å². The lowest BCUT2D eigenvalue weighted by atomic mass is 10.2. The van der Waals surface area contributed by atoms with Crippen LogP contribution in [0.4, 0.5) is 0 Å². The third-order valence-corrected chi connectivity index (χ3v) is 5.24. The van der Waals surface area contributed by atoms with Crippen LogP contribution in [0.3, 0.4) is 0 Å². The molecule has 2 aromatic carbocycles. The first-order valence-electron chi connectivity index (χ1n) is 9.14. The highest BCUT2D eigenvalue weighted by atomic mass is 35.5. The second-order valence-electron chi connectivity index (χ2n) is 6.69. The molecule has 1 aliphatic rings. The van der Waals surface area contributed by atoms with E-state index in [0.29, 0.717) is 42.1 Å². The smallest absolute Gasteiger partial charge is 0.263 e. The van der Waals surface area contributed by atoms with Gasteiger partial charge in [0.1, 0.15) is 24.2 Å². The van der Waals surface area contributed by atoms with E-state index in [9.17, 15) is 4.79 Å². The number of nitrogens with zero attached hydrogens (tertiary/aromatic N) is 1. The molecular weight excluding hydrogens is 401 g/mol. The van der Waals surface area contributed by atoms with Crippen molar-refractivity contribution in [1.29, 1.82) is 0 Å². The van der Waals surface area contributed by atoms with E-state index in [1.807, 2.05) is 31.2 Å². The van der Waals surface area contributed by atoms with Gasteiger partial charge in [-0.25, -0.2) is 0 Å². The Balaban J connectivity index is 1.54. The maximum absolute atomic E-state index is 12.8. The van der Waals surface area contributed by atoms with Crippen LogP contribution in [0.2, 0.25) is 10.0 Å². The number of hydrogen-bond acceptors (Lipinski definition) is 4. The predicted octanol–water partition coefficient (Wildman–Crippen LogP) is 4.38. The van der Waals surface area contributed by atoms with Crippen molar-refractivity contribution in [2.45, 2.75) is 26.1 Å². The number of amides is 1. The van der Waals surface area contributed by atoms with Crippen LogP contribution in [-0.2, 0) is 9.53 Å². The molecule has 0 aliphatic carbocycles. The molecule has 5 nitrogen and oxygen atoms in total. The molecule has 0 radical (unpaired) electrons. The minimum Gasteiger partial charge on any atom is -0.491 e. The van der Waals surface area contributed by atoms with Gasteiger partial charge in [0, 0.05) is 11.6 Å². The molecule has 0 spiro atoms. The molecule has 2 aromatic rings. The maximum atomic E-state index is 12.8. The normalized spacial score (nSPS) is 17.9. The van der Waals surface area contributed by atoms with E-state index in [-0.39, 0.29) is 12.0 Å². The van der Waals surface area contributed by atoms with E-state index in [1.165, 1.54) is 0 Å². The average Bonchev–Trinajstić information content (AvgIpc) is 2.70. The Bertz CT molecular complexity index is 830. The summed E-state index contributed by atoms with van der Waals surface area (Å²) in [7, 11) is 0. The van der Waals surface area contributed by atoms with Gasteiger partial charge in [-0.15, -0.1) is 0 Å². The zero-order chi connectivity index (χ0) is 20.1. The number of carbonyl (C=O) groups excluding carboxylic acids is 1. The molecule has 3 rings (SSSR count). The SMILES string of the molecule is Cc1cc(OC[C@@H]2CN(C(=O)[C@@H](C)Oc3ccccc3Cl)CCO2)ccc1Cl. The van der Waals surface area contributed by atoms with E-state index in [1.54, 1.807) is 30.0 Å². The van der Waals surface area contributed by atoms with E-state index in [0.717, 1.165) is 11.3 Å². The second kappa shape index (κ2) is 9.50. The fourth-order valence-electron chi connectivity index (χ4n) is 2.95. The number of rotatable bonds is 6. The molecule has 150 valence electrons. The highest BCUT2D eigenvalue weighted by Crippen LogP contribution is 2.25. The zero-order valence-corrected chi connectivity index (χ0v) is 17.4. The lowest BCUT2D eigenvalue weighted by molar-refractivity contribution is -0.146. The number of carbonyl (C=O) groups is 1. The van der Waals surface area contributed by atoms with Crippen molar-refractivity contribution in [2.24, 2.45) is 0 Å². The van der Waals surface area contributed by atoms with Gasteiger partial charge in [-0.2, -0.15) is 0 Å². The van der Waals surface area contributed by atoms with Crippen LogP contribution in [0, 0.1) is 6.92 Å². The summed E-state index contributed by atoms with van der Waals surface area (Å²) >= 11 is 12.1. The number of ether oxygens (including phenoxy) is 3. The molecule has 1 amide bonds. The van der Waals surface area contributed by atoms with Gasteiger partial charge in [0.15, 0.2) is 6.10 Å². The molecule has 1 saturated heterocycles. The Morgan fingerprint density at radius 1 is 1.25 bits per heavy atom. The predicted molar refractivity (Wildman–Crippen MR) is 110 cm³/mol. The molecular formula is C21H23Cl2NO4. The van der Waals surface area contributed by atoms with Gasteiger partial charge in [-0.1, -0.05) is 35.3 Å². The summed E-state index contributed by atoms with van der Waals surface area (Å²) in [5.74, 6) is 1.12. The molecule has 7 heteroatoms. The number of benzene rings is 2. The Morgan fingerprint density at radius 2 is 2.04 bits per heavy atom. The Kier molecular flexibility index (Phi) is 7.05. The van der Waals surface area contributed by atoms with Crippen molar-refractivity contribution in [3.8, 4) is 11.5 Å². The van der Waals surface area contributed by atoms with Gasteiger partial charge < -0.3 is 19.1 Å². The van der Waals surface area contributed by atoms with E-state index < -0.39 is 6.10 Å². The standard InChI is InChI=1S/C21H23Cl2NO4/c1-14-11-16(7-8-18(14)22)27-13-17-12-24(9-10-26-17)21(25)15(2)28-20-6-4-3-5-19(20)23/h3-8,11,15,17H,9-10,12-13H2,1-2H3/t15-,17+/m1/s1. The Morgan fingerprint density at radius 3 is 2.79 bits per heavy atom. The molecule has 1 heterocycles. The second-order valence-corrected chi connectivity index (χ2v) is 7.50. The van der Waals surface area contributed by atoms with Crippen molar-refractivity contribution < 1.29 is 19.0 Å². The van der Waals surface area contributed by atoms with Crippen molar-refractivity contribution in [3.63, 3.8) is 0 Å². The van der Waals surface area contributed by atoms with Crippen LogP contribution in [0.25, 0.3) is 0 Å². The fraction of sp³-hybridized carbons (Fsp3) is 0.381. The lowest BCUT2D eigenvalue weighted by Crippen LogP contribution is -2.51. The van der Waals surface area contributed by atoms with Crippen molar-refractivity contribution in [1.82, 2.24) is 4.90 Å². The van der Waals surface area contributed by atoms with Gasteiger partial charge >= 0.3 is 0 Å². The van der Waals surface area contributed by atoms with Crippen molar-refractivity contribution in [3.05, 3.63) is 58.1 Å². The summed E-state index contributed by atoms with van der Waals surface area (Å²) < 4.78 is 17.3. The summed E-state index contributed by atoms with van der Waals surface area (Å²) in [6, 6.07) is 12.6. The van der Waals surface area contributed by atoms with E-state index in [2.05, 4.69) is 0 Å². The topological polar surface area (TPSA) is 48.0 Å². The molecule has 0 aromatic heterocycles. The molecule has 0 N–H and O–H groups in total. The first kappa shape index (κ1) is 20.8. The van der Waals surface area contributed by atoms with Gasteiger partial charge in [0.05, 0.1) is 18.2 Å². The molecule has 0 saturated carbocycles. The van der Waals surface area contributed by atoms with Crippen molar-refractivity contribution >= 4 is 29.1 Å². The Labute approximate surface area is 175 Å². The number of morpholine rings is 1. The summed E-state index contributed by atoms with van der Waals surface area (Å²) in [6.45, 7) is 5.42. The fourth-order valence-corrected chi connectivity index (χ4v) is 3.25. The third-order valence-electron chi connectivity index (χ3n) is 4.50. The van der Waals surface area contributed by atoms with Crippen molar-refractivity contribution in [2.75, 3.05) is 26.3 Å². The molecule has 28 heavy (non-hydrogen) atoms. The minimum atomic E-state index is -0.640. The molecule has 0 bridgehead atoms. The highest BCUT2D eigenvalue weighted by molar-refractivity contribution is 6.32. The third kappa shape index (κ3) is 5.31. The first-order chi connectivity index (χ1) is 13.4. The van der Waals surface area contributed by atoms with E-state index in [4.69, 9.17) is 37.4 Å². The first-order valence-corrected chi connectivity index (χ1v) is 9.90. The maximum Gasteiger partial charge on any atom is 0.263 e. The minimum absolute atomic E-state index is 0.101. The molecule has 0 unspecified atom stereocenters. The van der Waals surface area contributed by atoms with E-state index >= 15 is 0 Å². The quantitative estimate of drug-likeness (QED) is 0.691. The molecule has 1 aliphatic heterocycles. The van der Waals surface area contributed by atoms with Gasteiger partial charge in [-0.3, -0.25) is 4.79 Å². The number of para-hydroxylation sites is 1. The summed E-state index contributed by atoms with van der Waals surface area (Å²) in [5, 5.41) is 1.18. The monoisotopic (exact) mass is 423 g/mol. The van der Waals surface area contributed by atoms with Crippen LogP contribution in [-0.4, -0.2) is 49.3 Å². The number of hydrogen-bond donors (Lipinski definition) is 0. The van der Waals surface area contributed by atoms with Gasteiger partial charge in [0.25, 0.3) is 5.91 Å². The highest BCUT2D eigenvalue weighted by Gasteiger charge is 2.29. The largest absolute Gasteiger partial charge is 0.491 e. The summed E-state index contributed by atoms with van der Waals surface area (Å²) in [5.41, 5.74) is 0.950. The van der Waals surface area contributed by atoms with Gasteiger partial charge in [0.2, 0.25) is 0 Å². The summed E-state index contributed by atoms with van der Waals surface area (Å²) in [6.07, 6.45) is -0.848. The van der Waals surface area contributed by atoms with Crippen LogP contribution in [0.5, 0.6) is 11.5 Å². The number of halogens is 2. The van der Waals surface area contributed by atoms with Crippen LogP contribution < -0.4 is 9.47 Å². The lowest BCUT2D eigenvalue weighted by Gasteiger charge is -2.34. The van der Waals surface area contributed by atoms with Crippen LogP contribution in [0.1, 0.15) is 12.5 Å². The molecule has 1 fully saturated rings. The number of aryl methyl sites for hydroxylation is 1. The van der Waals surface area contributed by atoms with Gasteiger partial charge in [-0.05, 0) is 49.7 Å².